The summed E-state index contributed by atoms with van der Waals surface area (Å²) in [5.74, 6) is 0.815. The van der Waals surface area contributed by atoms with E-state index in [2.05, 4.69) is 23.0 Å². The van der Waals surface area contributed by atoms with E-state index in [9.17, 15) is 0 Å². The van der Waals surface area contributed by atoms with E-state index in [1.165, 1.54) is 31.4 Å². The van der Waals surface area contributed by atoms with Gasteiger partial charge in [0.25, 0.3) is 0 Å². The van der Waals surface area contributed by atoms with Crippen LogP contribution >= 0.6 is 0 Å². The minimum atomic E-state index is 0.0478. The van der Waals surface area contributed by atoms with Crippen LogP contribution in [0.3, 0.4) is 0 Å². The zero-order valence-corrected chi connectivity index (χ0v) is 15.2. The molecule has 1 aliphatic carbocycles. The predicted molar refractivity (Wildman–Crippen MR) is 92.8 cm³/mol. The van der Waals surface area contributed by atoms with Crippen LogP contribution in [0.25, 0.3) is 0 Å². The van der Waals surface area contributed by atoms with Crippen molar-refractivity contribution in [1.82, 2.24) is 14.7 Å². The third-order valence-corrected chi connectivity index (χ3v) is 6.00. The quantitative estimate of drug-likeness (QED) is 0.830. The molecule has 5 nitrogen and oxygen atoms in total. The molecule has 2 aliphatic heterocycles. The molecule has 3 aliphatic rings. The molecule has 1 aromatic heterocycles. The Balaban J connectivity index is 1.25. The molecule has 1 unspecified atom stereocenters. The number of nitrogens with zero attached hydrogens (tertiary/aromatic N) is 3. The van der Waals surface area contributed by atoms with E-state index >= 15 is 0 Å². The summed E-state index contributed by atoms with van der Waals surface area (Å²) in [6.07, 6.45) is 8.07. The lowest BCUT2D eigenvalue weighted by Crippen LogP contribution is -2.65. The molecule has 0 aromatic carbocycles. The van der Waals surface area contributed by atoms with Gasteiger partial charge in [-0.15, -0.1) is 0 Å². The summed E-state index contributed by atoms with van der Waals surface area (Å²) >= 11 is 0. The summed E-state index contributed by atoms with van der Waals surface area (Å²) in [5.41, 5.74) is 2.43. The first-order valence-corrected chi connectivity index (χ1v) is 9.59. The first kappa shape index (κ1) is 16.6. The summed E-state index contributed by atoms with van der Waals surface area (Å²) in [4.78, 5) is 2.47. The van der Waals surface area contributed by atoms with Gasteiger partial charge >= 0.3 is 0 Å². The fourth-order valence-corrected chi connectivity index (χ4v) is 4.72. The van der Waals surface area contributed by atoms with Crippen LogP contribution in [-0.2, 0) is 23.1 Å². The van der Waals surface area contributed by atoms with Crippen molar-refractivity contribution in [3.8, 4) is 0 Å². The molecule has 1 spiro atoms. The Morgan fingerprint density at radius 3 is 2.79 bits per heavy atom. The predicted octanol–water partition coefficient (Wildman–Crippen LogP) is 2.67. The van der Waals surface area contributed by atoms with Crippen molar-refractivity contribution in [3.63, 3.8) is 0 Å². The Morgan fingerprint density at radius 2 is 2.08 bits per heavy atom. The Kier molecular flexibility index (Phi) is 4.67. The number of rotatable bonds is 5. The molecule has 3 fully saturated rings. The molecule has 5 heteroatoms. The van der Waals surface area contributed by atoms with Gasteiger partial charge in [-0.2, -0.15) is 5.10 Å². The molecule has 0 amide bonds. The van der Waals surface area contributed by atoms with Crippen LogP contribution in [0.15, 0.2) is 6.07 Å². The van der Waals surface area contributed by atoms with Crippen molar-refractivity contribution in [2.24, 2.45) is 13.0 Å². The van der Waals surface area contributed by atoms with Crippen molar-refractivity contribution in [2.45, 2.75) is 63.7 Å². The van der Waals surface area contributed by atoms with E-state index in [0.717, 1.165) is 57.3 Å². The van der Waals surface area contributed by atoms with E-state index in [1.807, 2.05) is 11.7 Å². The van der Waals surface area contributed by atoms with Gasteiger partial charge in [-0.05, 0) is 38.2 Å². The van der Waals surface area contributed by atoms with Gasteiger partial charge in [0.05, 0.1) is 23.1 Å². The topological polar surface area (TPSA) is 39.5 Å². The Labute approximate surface area is 145 Å². The molecule has 24 heavy (non-hydrogen) atoms. The van der Waals surface area contributed by atoms with Gasteiger partial charge in [0.2, 0.25) is 0 Å². The number of ether oxygens (including phenoxy) is 2. The molecule has 3 heterocycles. The average molecular weight is 333 g/mol. The summed E-state index contributed by atoms with van der Waals surface area (Å²) in [5, 5.41) is 4.44. The van der Waals surface area contributed by atoms with Crippen LogP contribution in [0, 0.1) is 12.8 Å². The van der Waals surface area contributed by atoms with Crippen LogP contribution < -0.4 is 0 Å². The van der Waals surface area contributed by atoms with Crippen molar-refractivity contribution < 1.29 is 9.47 Å². The summed E-state index contributed by atoms with van der Waals surface area (Å²) in [6, 6.07) is 2.18. The van der Waals surface area contributed by atoms with E-state index in [4.69, 9.17) is 9.47 Å². The maximum atomic E-state index is 6.26. The summed E-state index contributed by atoms with van der Waals surface area (Å²) in [6.45, 7) is 6.90. The molecule has 134 valence electrons. The highest BCUT2D eigenvalue weighted by Crippen LogP contribution is 2.36. The smallest absolute Gasteiger partial charge is 0.0959 e. The van der Waals surface area contributed by atoms with Crippen LogP contribution in [0.2, 0.25) is 0 Å². The Hall–Kier alpha value is -0.910. The second-order valence-electron chi connectivity index (χ2n) is 8.18. The van der Waals surface area contributed by atoms with Gasteiger partial charge in [0.15, 0.2) is 0 Å². The van der Waals surface area contributed by atoms with E-state index in [1.54, 1.807) is 0 Å². The molecule has 2 saturated heterocycles. The number of hydrogen-bond acceptors (Lipinski definition) is 4. The largest absolute Gasteiger partial charge is 0.378 e. The van der Waals surface area contributed by atoms with Gasteiger partial charge in [0.1, 0.15) is 0 Å². The third-order valence-electron chi connectivity index (χ3n) is 6.00. The van der Waals surface area contributed by atoms with E-state index in [-0.39, 0.29) is 5.60 Å². The summed E-state index contributed by atoms with van der Waals surface area (Å²) < 4.78 is 14.4. The van der Waals surface area contributed by atoms with E-state index in [0.29, 0.717) is 6.10 Å². The molecule has 0 bridgehead atoms. The zero-order valence-electron chi connectivity index (χ0n) is 15.2. The third kappa shape index (κ3) is 3.53. The van der Waals surface area contributed by atoms with Gasteiger partial charge in [0, 0.05) is 46.3 Å². The minimum Gasteiger partial charge on any atom is -0.378 e. The number of aromatic nitrogens is 2. The van der Waals surface area contributed by atoms with Crippen LogP contribution in [0.5, 0.6) is 0 Å². The molecular weight excluding hydrogens is 302 g/mol. The highest BCUT2D eigenvalue weighted by molar-refractivity contribution is 5.11. The van der Waals surface area contributed by atoms with Gasteiger partial charge in [-0.3, -0.25) is 9.58 Å². The highest BCUT2D eigenvalue weighted by atomic mass is 16.5. The van der Waals surface area contributed by atoms with Crippen molar-refractivity contribution in [1.29, 1.82) is 0 Å². The molecular formula is C19H31N3O2. The number of hydrogen-bond donors (Lipinski definition) is 0. The number of aryl methyl sites for hydroxylation is 2. The molecule has 1 atom stereocenters. The standard InChI is InChI=1S/C19H31N3O2/c1-15-9-17(21(2)20-15)11-22-13-19(14-22)10-18(7-8-24-19)23-12-16-5-3-4-6-16/h9,16,18H,3-8,10-14H2,1-2H3. The van der Waals surface area contributed by atoms with Crippen molar-refractivity contribution in [3.05, 3.63) is 17.5 Å². The lowest BCUT2D eigenvalue weighted by atomic mass is 9.84. The molecule has 0 N–H and O–H groups in total. The van der Waals surface area contributed by atoms with Gasteiger partial charge in [-0.25, -0.2) is 0 Å². The molecule has 1 aromatic rings. The zero-order chi connectivity index (χ0) is 16.6. The molecule has 1 saturated carbocycles. The Bertz CT molecular complexity index is 559. The average Bonchev–Trinajstić information content (AvgIpc) is 3.14. The lowest BCUT2D eigenvalue weighted by molar-refractivity contribution is -0.200. The van der Waals surface area contributed by atoms with Crippen molar-refractivity contribution >= 4 is 0 Å². The fourth-order valence-electron chi connectivity index (χ4n) is 4.72. The lowest BCUT2D eigenvalue weighted by Gasteiger charge is -2.53. The second-order valence-corrected chi connectivity index (χ2v) is 8.18. The second kappa shape index (κ2) is 6.77. The Morgan fingerprint density at radius 1 is 1.29 bits per heavy atom. The SMILES string of the molecule is Cc1cc(CN2CC3(CC(OCC4CCCC4)CCO3)C2)n(C)n1. The van der Waals surface area contributed by atoms with Crippen molar-refractivity contribution in [2.75, 3.05) is 26.3 Å². The van der Waals surface area contributed by atoms with Crippen LogP contribution in [-0.4, -0.2) is 52.7 Å². The summed E-state index contributed by atoms with van der Waals surface area (Å²) in [7, 11) is 2.03. The maximum Gasteiger partial charge on any atom is 0.0959 e. The fraction of sp³-hybridized carbons (Fsp3) is 0.842. The minimum absolute atomic E-state index is 0.0478. The number of likely N-dealkylation sites (tertiary alicyclic amines) is 1. The van der Waals surface area contributed by atoms with Gasteiger partial charge in [-0.1, -0.05) is 12.8 Å². The van der Waals surface area contributed by atoms with Gasteiger partial charge < -0.3 is 9.47 Å². The first-order valence-electron chi connectivity index (χ1n) is 9.59. The van der Waals surface area contributed by atoms with Crippen LogP contribution in [0.1, 0.15) is 49.9 Å². The van der Waals surface area contributed by atoms with E-state index < -0.39 is 0 Å². The monoisotopic (exact) mass is 333 g/mol. The molecule has 4 rings (SSSR count). The van der Waals surface area contributed by atoms with Crippen LogP contribution in [0.4, 0.5) is 0 Å². The first-order chi connectivity index (χ1) is 11.6. The molecule has 0 radical (unpaired) electrons. The highest BCUT2D eigenvalue weighted by Gasteiger charge is 2.47. The maximum absolute atomic E-state index is 6.26. The normalized spacial score (nSPS) is 27.7.